The molecule has 0 saturated carbocycles. The second-order valence-electron chi connectivity index (χ2n) is 7.32. The van der Waals surface area contributed by atoms with E-state index in [1.54, 1.807) is 19.2 Å². The van der Waals surface area contributed by atoms with Gasteiger partial charge < -0.3 is 10.2 Å². The fraction of sp³-hybridized carbons (Fsp3) is 0.333. The average Bonchev–Trinajstić information content (AvgIpc) is 3.20. The van der Waals surface area contributed by atoms with Crippen molar-refractivity contribution in [3.63, 3.8) is 0 Å². The van der Waals surface area contributed by atoms with E-state index in [0.717, 1.165) is 24.9 Å². The number of carbonyl (C=O) groups is 1. The van der Waals surface area contributed by atoms with Gasteiger partial charge in [0.25, 0.3) is 5.91 Å². The van der Waals surface area contributed by atoms with Crippen molar-refractivity contribution in [3.8, 4) is 0 Å². The van der Waals surface area contributed by atoms with E-state index in [-0.39, 0.29) is 23.8 Å². The normalized spacial score (nSPS) is 27.7. The summed E-state index contributed by atoms with van der Waals surface area (Å²) in [6.45, 7) is 7.94. The summed E-state index contributed by atoms with van der Waals surface area (Å²) < 4.78 is 14.1. The Morgan fingerprint density at radius 1 is 1.38 bits per heavy atom. The fourth-order valence-electron chi connectivity index (χ4n) is 3.87. The molecular formula is C21H23FN6O. The number of pyridine rings is 1. The summed E-state index contributed by atoms with van der Waals surface area (Å²) in [4.78, 5) is 23.9. The molecule has 1 saturated heterocycles. The topological polar surface area (TPSA) is 73.2 Å². The fourth-order valence-corrected chi connectivity index (χ4v) is 3.87. The highest BCUT2D eigenvalue weighted by Crippen LogP contribution is 2.36. The molecule has 1 fully saturated rings. The number of hydrogen-bond acceptors (Lipinski definition) is 6. The zero-order valence-electron chi connectivity index (χ0n) is 16.5. The lowest BCUT2D eigenvalue weighted by Gasteiger charge is -2.30. The summed E-state index contributed by atoms with van der Waals surface area (Å²) in [6.07, 6.45) is 10.3. The number of nitrogens with one attached hydrogen (secondary N) is 1. The van der Waals surface area contributed by atoms with E-state index in [0.29, 0.717) is 22.9 Å². The first-order valence-corrected chi connectivity index (χ1v) is 9.62. The van der Waals surface area contributed by atoms with Crippen LogP contribution in [0.2, 0.25) is 0 Å². The van der Waals surface area contributed by atoms with Crippen LogP contribution < -0.4 is 5.32 Å². The van der Waals surface area contributed by atoms with Crippen molar-refractivity contribution in [1.82, 2.24) is 20.2 Å². The van der Waals surface area contributed by atoms with Crippen LogP contribution in [-0.4, -0.2) is 45.9 Å². The molecule has 0 spiro atoms. The number of hydrazone groups is 1. The van der Waals surface area contributed by atoms with Crippen molar-refractivity contribution in [2.24, 2.45) is 10.1 Å². The van der Waals surface area contributed by atoms with Gasteiger partial charge in [-0.2, -0.15) is 5.10 Å². The largest absolute Gasteiger partial charge is 0.349 e. The van der Waals surface area contributed by atoms with Crippen molar-refractivity contribution in [1.29, 1.82) is 0 Å². The van der Waals surface area contributed by atoms with Gasteiger partial charge in [-0.3, -0.25) is 9.78 Å². The second-order valence-corrected chi connectivity index (χ2v) is 7.32. The van der Waals surface area contributed by atoms with Gasteiger partial charge in [-0.1, -0.05) is 6.08 Å². The summed E-state index contributed by atoms with van der Waals surface area (Å²) in [5.41, 5.74) is 1.96. The molecule has 0 aliphatic carbocycles. The zero-order chi connectivity index (χ0) is 20.5. The van der Waals surface area contributed by atoms with Crippen molar-refractivity contribution >= 4 is 24.5 Å². The van der Waals surface area contributed by atoms with Crippen molar-refractivity contribution < 1.29 is 9.18 Å². The highest BCUT2D eigenvalue weighted by Gasteiger charge is 2.32. The molecule has 0 radical (unpaired) electrons. The van der Waals surface area contributed by atoms with Crippen molar-refractivity contribution in [2.45, 2.75) is 38.8 Å². The molecule has 0 unspecified atom stereocenters. The number of fused-ring (bicyclic) bond motifs is 5. The predicted octanol–water partition coefficient (Wildman–Crippen LogP) is 2.96. The number of nitrogens with zero attached hydrogens (tertiary/aromatic N) is 5. The summed E-state index contributed by atoms with van der Waals surface area (Å²) in [7, 11) is 0. The summed E-state index contributed by atoms with van der Waals surface area (Å²) in [6, 6.07) is 1.25. The Balaban J connectivity index is 1.89. The third kappa shape index (κ3) is 3.57. The van der Waals surface area contributed by atoms with Gasteiger partial charge in [0.1, 0.15) is 11.7 Å². The van der Waals surface area contributed by atoms with Gasteiger partial charge in [-0.15, -0.1) is 0 Å². The molecule has 2 atom stereocenters. The molecule has 0 aromatic carbocycles. The summed E-state index contributed by atoms with van der Waals surface area (Å²) in [5, 5.41) is 8.36. The number of aliphatic imine (C=N–C) groups is 1. The number of aromatic nitrogens is 1. The monoisotopic (exact) mass is 394 g/mol. The van der Waals surface area contributed by atoms with Crippen molar-refractivity contribution in [2.75, 3.05) is 6.54 Å². The Morgan fingerprint density at radius 2 is 2.21 bits per heavy atom. The smallest absolute Gasteiger partial charge is 0.251 e. The first kappa shape index (κ1) is 19.0. The van der Waals surface area contributed by atoms with Crippen LogP contribution in [0.1, 0.15) is 44.0 Å². The highest BCUT2D eigenvalue weighted by molar-refractivity contribution is 5.98. The minimum absolute atomic E-state index is 0.0502. The van der Waals surface area contributed by atoms with Crippen LogP contribution >= 0.6 is 0 Å². The minimum Gasteiger partial charge on any atom is -0.349 e. The number of halogens is 1. The van der Waals surface area contributed by atoms with Gasteiger partial charge in [-0.05, 0) is 44.9 Å². The standard InChI is InChI=1S/C21H23FN6O/c1-13-6-7-17-16(11-15(22)12-24-17)18-5-4-9-27(18)19-8-10-28(23-3)20(26-19)14(2)21(29)25-13/h6-8,10-13,18H,3-5,9H2,1-2H3,(H,25,29)/b7-6-,20-14+/t13-,18-/m1/s1. The molecule has 1 aromatic rings. The van der Waals surface area contributed by atoms with Crippen LogP contribution in [0.4, 0.5) is 4.39 Å². The molecule has 1 aromatic heterocycles. The average molecular weight is 394 g/mol. The third-order valence-electron chi connectivity index (χ3n) is 5.35. The number of rotatable bonds is 1. The van der Waals surface area contributed by atoms with E-state index < -0.39 is 0 Å². The van der Waals surface area contributed by atoms with Crippen molar-refractivity contribution in [3.05, 3.63) is 59.1 Å². The molecule has 2 bridgehead atoms. The second kappa shape index (κ2) is 7.62. The maximum absolute atomic E-state index is 14.1. The SMILES string of the molecule is C=NN1C=CC2=N/C1=C(/C)C(=O)N[C@H](C)/C=C\c1ncc(F)cc1[C@H]1CCCN21. The van der Waals surface area contributed by atoms with E-state index in [1.807, 2.05) is 25.2 Å². The Morgan fingerprint density at radius 3 is 3.00 bits per heavy atom. The quantitative estimate of drug-likeness (QED) is 0.744. The van der Waals surface area contributed by atoms with Gasteiger partial charge in [0.05, 0.1) is 23.5 Å². The van der Waals surface area contributed by atoms with Crippen LogP contribution in [-0.2, 0) is 4.79 Å². The summed E-state index contributed by atoms with van der Waals surface area (Å²) >= 11 is 0. The number of amidine groups is 1. The molecule has 4 rings (SSSR count). The molecule has 3 aliphatic heterocycles. The lowest BCUT2D eigenvalue weighted by atomic mass is 10.0. The molecule has 1 N–H and O–H groups in total. The minimum atomic E-state index is -0.366. The Kier molecular flexibility index (Phi) is 5.00. The third-order valence-corrected chi connectivity index (χ3v) is 5.35. The van der Waals surface area contributed by atoms with E-state index >= 15 is 0 Å². The predicted molar refractivity (Wildman–Crippen MR) is 110 cm³/mol. The van der Waals surface area contributed by atoms with E-state index in [2.05, 4.69) is 27.0 Å². The molecular weight excluding hydrogens is 371 g/mol. The van der Waals surface area contributed by atoms with Crippen LogP contribution in [0.15, 0.2) is 52.1 Å². The molecule has 4 heterocycles. The van der Waals surface area contributed by atoms with E-state index in [1.165, 1.54) is 11.2 Å². The molecule has 150 valence electrons. The molecule has 1 amide bonds. The molecule has 3 aliphatic rings. The van der Waals surface area contributed by atoms with E-state index in [4.69, 9.17) is 4.99 Å². The first-order chi connectivity index (χ1) is 14.0. The van der Waals surface area contributed by atoms with Crippen LogP contribution in [0, 0.1) is 5.82 Å². The lowest BCUT2D eigenvalue weighted by Crippen LogP contribution is -2.35. The van der Waals surface area contributed by atoms with Gasteiger partial charge in [0, 0.05) is 31.1 Å². The molecule has 8 heteroatoms. The van der Waals surface area contributed by atoms with Crippen LogP contribution in [0.25, 0.3) is 6.08 Å². The first-order valence-electron chi connectivity index (χ1n) is 9.62. The lowest BCUT2D eigenvalue weighted by molar-refractivity contribution is -0.117. The van der Waals surface area contributed by atoms with Gasteiger partial charge in [0.15, 0.2) is 5.82 Å². The van der Waals surface area contributed by atoms with E-state index in [9.17, 15) is 9.18 Å². The number of amides is 1. The van der Waals surface area contributed by atoms with Gasteiger partial charge in [-0.25, -0.2) is 14.4 Å². The summed E-state index contributed by atoms with van der Waals surface area (Å²) in [5.74, 6) is 0.526. The Labute approximate surface area is 169 Å². The maximum atomic E-state index is 14.1. The van der Waals surface area contributed by atoms with Gasteiger partial charge >= 0.3 is 0 Å². The highest BCUT2D eigenvalue weighted by atomic mass is 19.1. The van der Waals surface area contributed by atoms with Crippen LogP contribution in [0.5, 0.6) is 0 Å². The maximum Gasteiger partial charge on any atom is 0.251 e. The van der Waals surface area contributed by atoms with Crippen LogP contribution in [0.3, 0.4) is 0 Å². The Bertz CT molecular complexity index is 979. The van der Waals surface area contributed by atoms with Gasteiger partial charge in [0.2, 0.25) is 0 Å². The zero-order valence-corrected chi connectivity index (χ0v) is 16.5. The number of hydrogen-bond donors (Lipinski definition) is 1. The molecule has 29 heavy (non-hydrogen) atoms. The molecule has 7 nitrogen and oxygen atoms in total. The Hall–Kier alpha value is -3.29. The number of carbonyl (C=O) groups excluding carboxylic acids is 1.